The number of cyclic esters (lactones) is 1. The number of carbonyl (C=O) groups is 1. The highest BCUT2D eigenvalue weighted by atomic mass is 35.5. The van der Waals surface area contributed by atoms with Crippen molar-refractivity contribution in [1.29, 1.82) is 0 Å². The molecule has 0 N–H and O–H groups in total. The highest BCUT2D eigenvalue weighted by Crippen LogP contribution is 2.37. The van der Waals surface area contributed by atoms with Gasteiger partial charge in [-0.2, -0.15) is 0 Å². The summed E-state index contributed by atoms with van der Waals surface area (Å²) in [6.45, 7) is 2.29. The van der Waals surface area contributed by atoms with E-state index in [0.29, 0.717) is 22.5 Å². The van der Waals surface area contributed by atoms with Gasteiger partial charge in [0.15, 0.2) is 5.70 Å². The van der Waals surface area contributed by atoms with E-state index in [4.69, 9.17) is 16.3 Å². The SMILES string of the molecule is CCC1CCC(c2ccc(C3=NC(=Cc4ccc(Cl)cc4)C(=O)O3)cc2)CC1. The van der Waals surface area contributed by atoms with Crippen LogP contribution >= 0.6 is 11.6 Å². The van der Waals surface area contributed by atoms with Gasteiger partial charge in [0.25, 0.3) is 0 Å². The van der Waals surface area contributed by atoms with E-state index in [2.05, 4.69) is 24.0 Å². The van der Waals surface area contributed by atoms with E-state index >= 15 is 0 Å². The minimum atomic E-state index is -0.424. The van der Waals surface area contributed by atoms with Crippen molar-refractivity contribution in [2.75, 3.05) is 0 Å². The smallest absolute Gasteiger partial charge is 0.363 e. The van der Waals surface area contributed by atoms with Crippen LogP contribution in [-0.4, -0.2) is 11.9 Å². The monoisotopic (exact) mass is 393 g/mol. The lowest BCUT2D eigenvalue weighted by Crippen LogP contribution is -2.13. The topological polar surface area (TPSA) is 38.7 Å². The third kappa shape index (κ3) is 4.20. The lowest BCUT2D eigenvalue weighted by atomic mass is 9.78. The number of benzene rings is 2. The van der Waals surface area contributed by atoms with Crippen molar-refractivity contribution in [3.8, 4) is 0 Å². The Hall–Kier alpha value is -2.39. The Morgan fingerprint density at radius 3 is 2.36 bits per heavy atom. The predicted octanol–water partition coefficient (Wildman–Crippen LogP) is 6.37. The number of rotatable bonds is 4. The van der Waals surface area contributed by atoms with Gasteiger partial charge in [-0.15, -0.1) is 0 Å². The molecular formula is C24H24ClNO2. The van der Waals surface area contributed by atoms with Crippen LogP contribution in [0.4, 0.5) is 0 Å². The number of nitrogens with zero attached hydrogens (tertiary/aromatic N) is 1. The fourth-order valence-electron chi connectivity index (χ4n) is 4.05. The molecule has 0 amide bonds. The average molecular weight is 394 g/mol. The van der Waals surface area contributed by atoms with Crippen molar-refractivity contribution >= 4 is 29.5 Å². The summed E-state index contributed by atoms with van der Waals surface area (Å²) in [6, 6.07) is 15.6. The lowest BCUT2D eigenvalue weighted by Gasteiger charge is -2.28. The van der Waals surface area contributed by atoms with Crippen LogP contribution in [0.1, 0.15) is 61.6 Å². The van der Waals surface area contributed by atoms with Crippen molar-refractivity contribution in [3.63, 3.8) is 0 Å². The Bertz CT molecular complexity index is 905. The van der Waals surface area contributed by atoms with Crippen LogP contribution in [0.5, 0.6) is 0 Å². The van der Waals surface area contributed by atoms with E-state index in [-0.39, 0.29) is 0 Å². The number of hydrogen-bond donors (Lipinski definition) is 0. The number of esters is 1. The van der Waals surface area contributed by atoms with Crippen molar-refractivity contribution in [2.24, 2.45) is 10.9 Å². The van der Waals surface area contributed by atoms with Gasteiger partial charge in [0.1, 0.15) is 0 Å². The van der Waals surface area contributed by atoms with E-state index in [0.717, 1.165) is 17.0 Å². The van der Waals surface area contributed by atoms with Gasteiger partial charge in [0.2, 0.25) is 5.90 Å². The molecule has 3 nitrogen and oxygen atoms in total. The molecule has 0 aromatic heterocycles. The van der Waals surface area contributed by atoms with Gasteiger partial charge in [-0.25, -0.2) is 9.79 Å². The van der Waals surface area contributed by atoms with E-state index < -0.39 is 5.97 Å². The Kier molecular flexibility index (Phi) is 5.63. The molecule has 0 saturated heterocycles. The molecule has 0 radical (unpaired) electrons. The first-order valence-electron chi connectivity index (χ1n) is 10.0. The maximum absolute atomic E-state index is 12.2. The lowest BCUT2D eigenvalue weighted by molar-refractivity contribution is -0.129. The van der Waals surface area contributed by atoms with Gasteiger partial charge in [0.05, 0.1) is 0 Å². The summed E-state index contributed by atoms with van der Waals surface area (Å²) < 4.78 is 5.39. The third-order valence-corrected chi connectivity index (χ3v) is 6.10. The first-order valence-corrected chi connectivity index (χ1v) is 10.4. The van der Waals surface area contributed by atoms with Gasteiger partial charge in [-0.1, -0.05) is 49.2 Å². The molecule has 4 heteroatoms. The Morgan fingerprint density at radius 2 is 1.71 bits per heavy atom. The Labute approximate surface area is 171 Å². The van der Waals surface area contributed by atoms with E-state index in [1.807, 2.05) is 24.3 Å². The molecule has 1 aliphatic heterocycles. The zero-order valence-corrected chi connectivity index (χ0v) is 16.8. The van der Waals surface area contributed by atoms with E-state index in [1.165, 1.54) is 37.7 Å². The molecule has 0 bridgehead atoms. The Balaban J connectivity index is 1.48. The number of hydrogen-bond acceptors (Lipinski definition) is 3. The van der Waals surface area contributed by atoms with Crippen molar-refractivity contribution in [1.82, 2.24) is 0 Å². The molecule has 0 atom stereocenters. The highest BCUT2D eigenvalue weighted by molar-refractivity contribution is 6.30. The van der Waals surface area contributed by atoms with E-state index in [1.54, 1.807) is 18.2 Å². The van der Waals surface area contributed by atoms with Gasteiger partial charge >= 0.3 is 5.97 Å². The molecule has 144 valence electrons. The zero-order valence-electron chi connectivity index (χ0n) is 16.0. The van der Waals surface area contributed by atoms with Gasteiger partial charge in [0, 0.05) is 10.6 Å². The second-order valence-electron chi connectivity index (χ2n) is 7.64. The number of carbonyl (C=O) groups excluding carboxylic acids is 1. The van der Waals surface area contributed by atoms with Gasteiger partial charge in [-0.05, 0) is 79.0 Å². The number of aliphatic imine (C=N–C) groups is 1. The summed E-state index contributed by atoms with van der Waals surface area (Å²) in [5, 5.41) is 0.656. The summed E-state index contributed by atoms with van der Waals surface area (Å²) in [6.07, 6.45) is 8.19. The maximum Gasteiger partial charge on any atom is 0.363 e. The standard InChI is InChI=1S/C24H24ClNO2/c1-2-16-3-7-18(8-4-16)19-9-11-20(12-10-19)23-26-22(24(27)28-23)15-17-5-13-21(25)14-6-17/h5-6,9-16,18H,2-4,7-8H2,1H3. The third-order valence-electron chi connectivity index (χ3n) is 5.85. The Morgan fingerprint density at radius 1 is 1.04 bits per heavy atom. The second-order valence-corrected chi connectivity index (χ2v) is 8.07. The van der Waals surface area contributed by atoms with Crippen molar-refractivity contribution in [2.45, 2.75) is 44.9 Å². The summed E-state index contributed by atoms with van der Waals surface area (Å²) in [5.74, 6) is 1.48. The molecule has 4 rings (SSSR count). The molecule has 2 aromatic rings. The summed E-state index contributed by atoms with van der Waals surface area (Å²) in [4.78, 5) is 16.6. The molecule has 0 spiro atoms. The van der Waals surface area contributed by atoms with Crippen LogP contribution in [-0.2, 0) is 9.53 Å². The van der Waals surface area contributed by atoms with Crippen LogP contribution in [0.3, 0.4) is 0 Å². The first kappa shape index (κ1) is 18.9. The summed E-state index contributed by atoms with van der Waals surface area (Å²) in [7, 11) is 0. The molecule has 1 heterocycles. The highest BCUT2D eigenvalue weighted by Gasteiger charge is 2.25. The van der Waals surface area contributed by atoms with Gasteiger partial charge in [-0.3, -0.25) is 0 Å². The molecule has 28 heavy (non-hydrogen) atoms. The van der Waals surface area contributed by atoms with Crippen molar-refractivity contribution < 1.29 is 9.53 Å². The van der Waals surface area contributed by atoms with Gasteiger partial charge < -0.3 is 4.74 Å². The fraction of sp³-hybridized carbons (Fsp3) is 0.333. The molecule has 2 aliphatic rings. The largest absolute Gasteiger partial charge is 0.402 e. The van der Waals surface area contributed by atoms with Crippen LogP contribution in [0, 0.1) is 5.92 Å². The van der Waals surface area contributed by atoms with Crippen LogP contribution in [0.15, 0.2) is 59.2 Å². The summed E-state index contributed by atoms with van der Waals surface area (Å²) >= 11 is 5.90. The summed E-state index contributed by atoms with van der Waals surface area (Å²) in [5.41, 5.74) is 3.37. The number of ether oxygens (including phenoxy) is 1. The van der Waals surface area contributed by atoms with Crippen LogP contribution in [0.25, 0.3) is 6.08 Å². The maximum atomic E-state index is 12.2. The van der Waals surface area contributed by atoms with E-state index in [9.17, 15) is 4.79 Å². The van der Waals surface area contributed by atoms with Crippen LogP contribution < -0.4 is 0 Å². The fourth-order valence-corrected chi connectivity index (χ4v) is 4.18. The van der Waals surface area contributed by atoms with Crippen LogP contribution in [0.2, 0.25) is 5.02 Å². The number of halogens is 1. The molecule has 0 unspecified atom stereocenters. The zero-order chi connectivity index (χ0) is 19.5. The molecule has 2 aromatic carbocycles. The minimum absolute atomic E-state index is 0.305. The normalized spacial score (nSPS) is 23.6. The average Bonchev–Trinajstić information content (AvgIpc) is 3.10. The minimum Gasteiger partial charge on any atom is -0.402 e. The quantitative estimate of drug-likeness (QED) is 0.447. The molecular weight excluding hydrogens is 370 g/mol. The van der Waals surface area contributed by atoms with Crippen molar-refractivity contribution in [3.05, 3.63) is 75.9 Å². The molecule has 1 saturated carbocycles. The predicted molar refractivity (Wildman–Crippen MR) is 113 cm³/mol. The second kappa shape index (κ2) is 8.32. The molecule has 1 aliphatic carbocycles. The first-order chi connectivity index (χ1) is 13.6. The molecule has 1 fully saturated rings.